The summed E-state index contributed by atoms with van der Waals surface area (Å²) >= 11 is 0. The molecule has 4 rings (SSSR count). The number of sulfonamides is 1. The summed E-state index contributed by atoms with van der Waals surface area (Å²) in [6.45, 7) is 2.84. The van der Waals surface area contributed by atoms with Gasteiger partial charge in [-0.15, -0.1) is 0 Å². The van der Waals surface area contributed by atoms with Crippen molar-refractivity contribution >= 4 is 15.9 Å². The Kier molecular flexibility index (Phi) is 5.30. The first kappa shape index (κ1) is 18.9. The topological polar surface area (TPSA) is 66.5 Å². The van der Waals surface area contributed by atoms with Crippen LogP contribution in [0.5, 0.6) is 0 Å². The van der Waals surface area contributed by atoms with Crippen molar-refractivity contribution in [2.24, 2.45) is 17.8 Å². The molecule has 1 heterocycles. The summed E-state index contributed by atoms with van der Waals surface area (Å²) in [5, 5.41) is 3.27. The number of hydrogen-bond acceptors (Lipinski definition) is 3. The number of amides is 1. The van der Waals surface area contributed by atoms with E-state index < -0.39 is 10.0 Å². The number of nitrogens with one attached hydrogen (secondary N) is 1. The lowest BCUT2D eigenvalue weighted by molar-refractivity contribution is -0.127. The molecule has 2 aliphatic carbocycles. The van der Waals surface area contributed by atoms with Crippen LogP contribution in [0.4, 0.5) is 0 Å². The maximum absolute atomic E-state index is 12.8. The third kappa shape index (κ3) is 4.06. The van der Waals surface area contributed by atoms with Gasteiger partial charge in [-0.3, -0.25) is 4.79 Å². The predicted molar refractivity (Wildman–Crippen MR) is 105 cm³/mol. The Balaban J connectivity index is 1.30. The summed E-state index contributed by atoms with van der Waals surface area (Å²) in [4.78, 5) is 12.6. The van der Waals surface area contributed by atoms with E-state index in [2.05, 4.69) is 5.32 Å². The molecule has 3 atom stereocenters. The van der Waals surface area contributed by atoms with Crippen molar-refractivity contribution < 1.29 is 13.2 Å². The Bertz CT molecular complexity index is 799. The van der Waals surface area contributed by atoms with Crippen LogP contribution in [0.15, 0.2) is 24.3 Å². The van der Waals surface area contributed by atoms with Crippen LogP contribution in [0, 0.1) is 24.7 Å². The summed E-state index contributed by atoms with van der Waals surface area (Å²) in [5.74, 6) is 1.63. The van der Waals surface area contributed by atoms with Gasteiger partial charge in [0.25, 0.3) is 0 Å². The first-order valence-corrected chi connectivity index (χ1v) is 11.9. The van der Waals surface area contributed by atoms with E-state index in [1.54, 1.807) is 4.31 Å². The van der Waals surface area contributed by atoms with Crippen LogP contribution >= 0.6 is 0 Å². The standard InChI is InChI=1S/C21H30N2O3S/c1-15-4-2-3-5-19(15)14-27(25,26)23-10-8-17(9-11-23)21(24)22-20-13-16-6-7-18(20)12-16/h2-5,16-18,20H,6-14H2,1H3,(H,22,24)/t16-,18-,20-/m0/s1. The van der Waals surface area contributed by atoms with Crippen LogP contribution in [-0.4, -0.2) is 37.8 Å². The zero-order chi connectivity index (χ0) is 19.0. The number of hydrogen-bond donors (Lipinski definition) is 1. The highest BCUT2D eigenvalue weighted by Gasteiger charge is 2.41. The molecule has 5 nitrogen and oxygen atoms in total. The van der Waals surface area contributed by atoms with E-state index >= 15 is 0 Å². The van der Waals surface area contributed by atoms with Gasteiger partial charge in [-0.05, 0) is 62.0 Å². The maximum Gasteiger partial charge on any atom is 0.223 e. The van der Waals surface area contributed by atoms with Crippen LogP contribution in [0.25, 0.3) is 0 Å². The van der Waals surface area contributed by atoms with Gasteiger partial charge in [0.2, 0.25) is 15.9 Å². The van der Waals surface area contributed by atoms with Crippen LogP contribution in [0.2, 0.25) is 0 Å². The van der Waals surface area contributed by atoms with E-state index in [4.69, 9.17) is 0 Å². The molecule has 1 amide bonds. The summed E-state index contributed by atoms with van der Waals surface area (Å²) in [6, 6.07) is 7.98. The van der Waals surface area contributed by atoms with Crippen molar-refractivity contribution in [1.82, 2.24) is 9.62 Å². The normalized spacial score (nSPS) is 29.1. The van der Waals surface area contributed by atoms with Crippen LogP contribution < -0.4 is 5.32 Å². The first-order valence-electron chi connectivity index (χ1n) is 10.2. The number of aryl methyl sites for hydroxylation is 1. The summed E-state index contributed by atoms with van der Waals surface area (Å²) in [7, 11) is -3.34. The summed E-state index contributed by atoms with van der Waals surface area (Å²) < 4.78 is 27.1. The lowest BCUT2D eigenvalue weighted by Crippen LogP contribution is -2.46. The van der Waals surface area contributed by atoms with E-state index in [1.165, 1.54) is 19.3 Å². The fraction of sp³-hybridized carbons (Fsp3) is 0.667. The molecule has 3 aliphatic rings. The number of benzene rings is 1. The minimum absolute atomic E-state index is 0.0433. The van der Waals surface area contributed by atoms with Crippen molar-refractivity contribution in [2.75, 3.05) is 13.1 Å². The van der Waals surface area contributed by atoms with Crippen LogP contribution in [0.1, 0.15) is 49.7 Å². The summed E-state index contributed by atoms with van der Waals surface area (Å²) in [5.41, 5.74) is 1.86. The quantitative estimate of drug-likeness (QED) is 0.841. The molecule has 1 saturated heterocycles. The van der Waals surface area contributed by atoms with Crippen molar-refractivity contribution in [3.05, 3.63) is 35.4 Å². The Labute approximate surface area is 162 Å². The number of nitrogens with zero attached hydrogens (tertiary/aromatic N) is 1. The average molecular weight is 391 g/mol. The highest BCUT2D eigenvalue weighted by Crippen LogP contribution is 2.44. The molecule has 2 bridgehead atoms. The SMILES string of the molecule is Cc1ccccc1CS(=O)(=O)N1CCC(C(=O)N[C@H]2C[C@H]3CC[C@H]2C3)CC1. The average Bonchev–Trinajstić information content (AvgIpc) is 3.27. The number of carbonyl (C=O) groups excluding carboxylic acids is 1. The van der Waals surface area contributed by atoms with Gasteiger partial charge >= 0.3 is 0 Å². The third-order valence-corrected chi connectivity index (χ3v) is 8.71. The lowest BCUT2D eigenvalue weighted by atomic mass is 9.93. The molecule has 0 unspecified atom stereocenters. The second kappa shape index (κ2) is 7.55. The van der Waals surface area contributed by atoms with Crippen molar-refractivity contribution in [3.63, 3.8) is 0 Å². The molecule has 0 aromatic heterocycles. The Morgan fingerprint density at radius 2 is 1.85 bits per heavy atom. The fourth-order valence-electron chi connectivity index (χ4n) is 5.18. The Morgan fingerprint density at radius 3 is 2.48 bits per heavy atom. The van der Waals surface area contributed by atoms with E-state index in [0.717, 1.165) is 23.5 Å². The highest BCUT2D eigenvalue weighted by atomic mass is 32.2. The molecule has 148 valence electrons. The highest BCUT2D eigenvalue weighted by molar-refractivity contribution is 7.88. The third-order valence-electron chi connectivity index (χ3n) is 6.88. The van der Waals surface area contributed by atoms with Gasteiger partial charge in [0.05, 0.1) is 5.75 Å². The van der Waals surface area contributed by atoms with E-state index in [1.807, 2.05) is 31.2 Å². The monoisotopic (exact) mass is 390 g/mol. The van der Waals surface area contributed by atoms with Crippen molar-refractivity contribution in [3.8, 4) is 0 Å². The largest absolute Gasteiger partial charge is 0.353 e. The zero-order valence-electron chi connectivity index (χ0n) is 16.1. The Morgan fingerprint density at radius 1 is 1.11 bits per heavy atom. The number of rotatable bonds is 5. The molecule has 1 N–H and O–H groups in total. The van der Waals surface area contributed by atoms with Gasteiger partial charge in [-0.25, -0.2) is 12.7 Å². The van der Waals surface area contributed by atoms with E-state index in [-0.39, 0.29) is 17.6 Å². The lowest BCUT2D eigenvalue weighted by Gasteiger charge is -2.32. The van der Waals surface area contributed by atoms with E-state index in [0.29, 0.717) is 37.9 Å². The smallest absolute Gasteiger partial charge is 0.223 e. The number of piperidine rings is 1. The van der Waals surface area contributed by atoms with Crippen molar-refractivity contribution in [1.29, 1.82) is 0 Å². The second-order valence-electron chi connectivity index (χ2n) is 8.65. The maximum atomic E-state index is 12.8. The second-order valence-corrected chi connectivity index (χ2v) is 10.6. The molecule has 6 heteroatoms. The molecule has 2 saturated carbocycles. The van der Waals surface area contributed by atoms with Gasteiger partial charge in [-0.2, -0.15) is 0 Å². The molecule has 27 heavy (non-hydrogen) atoms. The van der Waals surface area contributed by atoms with Gasteiger partial charge in [-0.1, -0.05) is 30.7 Å². The minimum Gasteiger partial charge on any atom is -0.353 e. The van der Waals surface area contributed by atoms with Gasteiger partial charge in [0.1, 0.15) is 0 Å². The van der Waals surface area contributed by atoms with Crippen LogP contribution in [-0.2, 0) is 20.6 Å². The van der Waals surface area contributed by atoms with Crippen molar-refractivity contribution in [2.45, 2.75) is 57.2 Å². The summed E-state index contributed by atoms with van der Waals surface area (Å²) in [6.07, 6.45) is 6.25. The molecule has 3 fully saturated rings. The molecule has 1 aromatic rings. The number of carbonyl (C=O) groups is 1. The Hall–Kier alpha value is -1.40. The molecular weight excluding hydrogens is 360 g/mol. The molecule has 0 spiro atoms. The zero-order valence-corrected chi connectivity index (χ0v) is 16.9. The fourth-order valence-corrected chi connectivity index (χ4v) is 6.84. The molecular formula is C21H30N2O3S. The number of fused-ring (bicyclic) bond motifs is 2. The van der Waals surface area contributed by atoms with Gasteiger partial charge in [0.15, 0.2) is 0 Å². The first-order chi connectivity index (χ1) is 12.9. The minimum atomic E-state index is -3.34. The molecule has 1 aliphatic heterocycles. The van der Waals surface area contributed by atoms with Gasteiger partial charge < -0.3 is 5.32 Å². The molecule has 1 aromatic carbocycles. The predicted octanol–water partition coefficient (Wildman–Crippen LogP) is 2.84. The van der Waals surface area contributed by atoms with Gasteiger partial charge in [0, 0.05) is 25.0 Å². The molecule has 0 radical (unpaired) electrons. The van der Waals surface area contributed by atoms with E-state index in [9.17, 15) is 13.2 Å². The van der Waals surface area contributed by atoms with Crippen LogP contribution in [0.3, 0.4) is 0 Å².